The summed E-state index contributed by atoms with van der Waals surface area (Å²) >= 11 is 0. The molecular weight excluding hydrogens is 258 g/mol. The Morgan fingerprint density at radius 3 is 2.67 bits per heavy atom. The average molecular weight is 289 g/mol. The Hall–Kier alpha value is -1.02. The molecule has 0 atom stereocenters. The molecule has 0 bridgehead atoms. The fourth-order valence-electron chi connectivity index (χ4n) is 3.02. The molecule has 0 amide bonds. The summed E-state index contributed by atoms with van der Waals surface area (Å²) in [5.41, 5.74) is 2.83. The summed E-state index contributed by atoms with van der Waals surface area (Å²) in [6, 6.07) is 7.36. The lowest BCUT2D eigenvalue weighted by Crippen LogP contribution is -2.24. The van der Waals surface area contributed by atoms with Crippen LogP contribution in [0.25, 0.3) is 0 Å². The number of hydrogen-bond donors (Lipinski definition) is 1. The monoisotopic (exact) mass is 289 g/mol. The van der Waals surface area contributed by atoms with Crippen LogP contribution in [0.4, 0.5) is 0 Å². The Morgan fingerprint density at radius 2 is 1.90 bits per heavy atom. The Labute approximate surface area is 130 Å². The normalized spacial score (nSPS) is 16.0. The smallest absolute Gasteiger partial charge is 0.123 e. The van der Waals surface area contributed by atoms with E-state index in [9.17, 15) is 0 Å². The zero-order valence-corrected chi connectivity index (χ0v) is 14.2. The molecule has 0 spiro atoms. The highest BCUT2D eigenvalue weighted by molar-refractivity contribution is 5.41. The van der Waals surface area contributed by atoms with Gasteiger partial charge >= 0.3 is 0 Å². The lowest BCUT2D eigenvalue weighted by molar-refractivity contribution is 0.138. The first-order valence-corrected chi connectivity index (χ1v) is 8.50. The lowest BCUT2D eigenvalue weighted by atomic mass is 9.98. The number of benzene rings is 1. The van der Waals surface area contributed by atoms with Crippen molar-refractivity contribution in [3.8, 4) is 5.75 Å². The van der Waals surface area contributed by atoms with Crippen molar-refractivity contribution in [2.75, 3.05) is 6.54 Å². The van der Waals surface area contributed by atoms with Gasteiger partial charge in [-0.05, 0) is 56.8 Å². The molecule has 0 aliphatic carbocycles. The first-order chi connectivity index (χ1) is 9.96. The Morgan fingerprint density at radius 1 is 1.14 bits per heavy atom. The van der Waals surface area contributed by atoms with Crippen molar-refractivity contribution in [1.29, 1.82) is 0 Å². The van der Waals surface area contributed by atoms with Gasteiger partial charge in [0, 0.05) is 12.5 Å². The first kappa shape index (κ1) is 16.4. The van der Waals surface area contributed by atoms with E-state index in [1.54, 1.807) is 0 Å². The maximum Gasteiger partial charge on any atom is 0.123 e. The van der Waals surface area contributed by atoms with Gasteiger partial charge in [0.25, 0.3) is 0 Å². The fraction of sp³-hybridized carbons (Fsp3) is 0.684. The van der Waals surface area contributed by atoms with E-state index in [4.69, 9.17) is 4.74 Å². The zero-order valence-electron chi connectivity index (χ0n) is 14.2. The van der Waals surface area contributed by atoms with Crippen molar-refractivity contribution in [2.45, 2.75) is 77.9 Å². The van der Waals surface area contributed by atoms with Crippen molar-refractivity contribution in [3.05, 3.63) is 29.3 Å². The van der Waals surface area contributed by atoms with Gasteiger partial charge in [-0.1, -0.05) is 38.8 Å². The zero-order chi connectivity index (χ0) is 15.3. The summed E-state index contributed by atoms with van der Waals surface area (Å²) in [7, 11) is 0. The molecule has 0 saturated carbocycles. The van der Waals surface area contributed by atoms with Crippen LogP contribution in [0.2, 0.25) is 0 Å². The minimum Gasteiger partial charge on any atom is -0.487 e. The molecule has 2 rings (SSSR count). The predicted molar refractivity (Wildman–Crippen MR) is 90.2 cm³/mol. The molecule has 0 saturated heterocycles. The van der Waals surface area contributed by atoms with Crippen molar-refractivity contribution in [1.82, 2.24) is 5.32 Å². The summed E-state index contributed by atoms with van der Waals surface area (Å²) in [5, 5.41) is 3.48. The van der Waals surface area contributed by atoms with Gasteiger partial charge in [0.05, 0.1) is 0 Å². The topological polar surface area (TPSA) is 21.3 Å². The third-order valence-electron chi connectivity index (χ3n) is 4.07. The van der Waals surface area contributed by atoms with Crippen LogP contribution in [0.5, 0.6) is 5.75 Å². The second-order valence-electron chi connectivity index (χ2n) is 7.25. The van der Waals surface area contributed by atoms with Crippen molar-refractivity contribution in [2.24, 2.45) is 0 Å². The maximum atomic E-state index is 5.93. The van der Waals surface area contributed by atoms with Crippen LogP contribution in [0.1, 0.15) is 64.5 Å². The van der Waals surface area contributed by atoms with Crippen LogP contribution in [0.3, 0.4) is 0 Å². The molecule has 21 heavy (non-hydrogen) atoms. The van der Waals surface area contributed by atoms with E-state index in [2.05, 4.69) is 51.2 Å². The summed E-state index contributed by atoms with van der Waals surface area (Å²) < 4.78 is 5.93. The second kappa shape index (κ2) is 7.31. The van der Waals surface area contributed by atoms with Crippen LogP contribution in [0.15, 0.2) is 18.2 Å². The molecule has 0 aromatic heterocycles. The van der Waals surface area contributed by atoms with Gasteiger partial charge in [0.2, 0.25) is 0 Å². The van der Waals surface area contributed by atoms with E-state index in [0.29, 0.717) is 6.04 Å². The molecule has 0 unspecified atom stereocenters. The van der Waals surface area contributed by atoms with E-state index in [1.165, 1.54) is 43.2 Å². The van der Waals surface area contributed by atoms with E-state index in [0.717, 1.165) is 18.7 Å². The van der Waals surface area contributed by atoms with Crippen LogP contribution in [-0.2, 0) is 12.8 Å². The van der Waals surface area contributed by atoms with Crippen molar-refractivity contribution < 1.29 is 4.74 Å². The van der Waals surface area contributed by atoms with Gasteiger partial charge in [0.1, 0.15) is 11.4 Å². The summed E-state index contributed by atoms with van der Waals surface area (Å²) in [6.45, 7) is 9.90. The standard InChI is InChI=1S/C19H31NO/c1-15(2)20-12-8-6-5-7-9-16-10-11-18-17(13-16)14-19(3,4)21-18/h10-11,13,15,20H,5-9,12,14H2,1-4H3. The molecule has 1 N–H and O–H groups in total. The minimum absolute atomic E-state index is 0.0234. The van der Waals surface area contributed by atoms with E-state index in [1.807, 2.05) is 0 Å². The molecule has 118 valence electrons. The molecular formula is C19H31NO. The molecule has 0 fully saturated rings. The summed E-state index contributed by atoms with van der Waals surface area (Å²) in [5.74, 6) is 1.09. The number of rotatable bonds is 8. The number of unbranched alkanes of at least 4 members (excludes halogenated alkanes) is 3. The molecule has 1 aliphatic heterocycles. The highest BCUT2D eigenvalue weighted by Gasteiger charge is 2.29. The predicted octanol–water partition coefficient (Wildman–Crippen LogP) is 4.50. The quantitative estimate of drug-likeness (QED) is 0.711. The summed E-state index contributed by atoms with van der Waals surface area (Å²) in [6.07, 6.45) is 7.50. The molecule has 1 heterocycles. The largest absolute Gasteiger partial charge is 0.487 e. The number of fused-ring (bicyclic) bond motifs is 1. The number of hydrogen-bond acceptors (Lipinski definition) is 2. The Balaban J connectivity index is 1.66. The van der Waals surface area contributed by atoms with Crippen molar-refractivity contribution in [3.63, 3.8) is 0 Å². The average Bonchev–Trinajstić information content (AvgIpc) is 2.70. The highest BCUT2D eigenvalue weighted by atomic mass is 16.5. The summed E-state index contributed by atoms with van der Waals surface area (Å²) in [4.78, 5) is 0. The van der Waals surface area contributed by atoms with Gasteiger partial charge in [0.15, 0.2) is 0 Å². The number of nitrogens with one attached hydrogen (secondary N) is 1. The van der Waals surface area contributed by atoms with Gasteiger partial charge in [-0.2, -0.15) is 0 Å². The second-order valence-corrected chi connectivity index (χ2v) is 7.25. The van der Waals surface area contributed by atoms with Gasteiger partial charge in [-0.15, -0.1) is 0 Å². The third kappa shape index (κ3) is 5.35. The number of aryl methyl sites for hydroxylation is 1. The van der Waals surface area contributed by atoms with Gasteiger partial charge in [-0.25, -0.2) is 0 Å². The fourth-order valence-corrected chi connectivity index (χ4v) is 3.02. The van der Waals surface area contributed by atoms with E-state index < -0.39 is 0 Å². The molecule has 1 aliphatic rings. The highest BCUT2D eigenvalue weighted by Crippen LogP contribution is 2.35. The number of ether oxygens (including phenoxy) is 1. The van der Waals surface area contributed by atoms with E-state index >= 15 is 0 Å². The van der Waals surface area contributed by atoms with Crippen molar-refractivity contribution >= 4 is 0 Å². The molecule has 0 radical (unpaired) electrons. The SMILES string of the molecule is CC(C)NCCCCCCc1ccc2c(c1)CC(C)(C)O2. The molecule has 2 nitrogen and oxygen atoms in total. The molecule has 1 aromatic rings. The van der Waals surface area contributed by atoms with Crippen LogP contribution < -0.4 is 10.1 Å². The van der Waals surface area contributed by atoms with Gasteiger partial charge < -0.3 is 10.1 Å². The maximum absolute atomic E-state index is 5.93. The first-order valence-electron chi connectivity index (χ1n) is 8.50. The van der Waals surface area contributed by atoms with Crippen LogP contribution in [0, 0.1) is 0 Å². The van der Waals surface area contributed by atoms with Crippen LogP contribution in [-0.4, -0.2) is 18.2 Å². The lowest BCUT2D eigenvalue weighted by Gasteiger charge is -2.16. The Kier molecular flexibility index (Phi) is 5.69. The Bertz CT molecular complexity index is 451. The molecule has 1 aromatic carbocycles. The van der Waals surface area contributed by atoms with Gasteiger partial charge in [-0.3, -0.25) is 0 Å². The van der Waals surface area contributed by atoms with E-state index in [-0.39, 0.29) is 5.60 Å². The third-order valence-corrected chi connectivity index (χ3v) is 4.07. The molecule has 2 heteroatoms. The minimum atomic E-state index is -0.0234. The van der Waals surface area contributed by atoms with Crippen LogP contribution >= 0.6 is 0 Å².